The maximum absolute atomic E-state index is 10.8. The smallest absolute Gasteiger partial charge is 0.248 e. The van der Waals surface area contributed by atoms with Crippen molar-refractivity contribution in [2.45, 2.75) is 6.54 Å². The number of thiazole rings is 1. The van der Waals surface area contributed by atoms with Crippen LogP contribution in [0.15, 0.2) is 26.5 Å². The van der Waals surface area contributed by atoms with E-state index in [9.17, 15) is 9.59 Å². The van der Waals surface area contributed by atoms with Gasteiger partial charge in [0.25, 0.3) is 0 Å². The molecule has 1 N–H and O–H groups in total. The van der Waals surface area contributed by atoms with Crippen molar-refractivity contribution in [3.63, 3.8) is 0 Å². The van der Waals surface area contributed by atoms with E-state index in [-0.39, 0.29) is 0 Å². The topological polar surface area (TPSA) is 59.1 Å². The molecule has 0 saturated carbocycles. The summed E-state index contributed by atoms with van der Waals surface area (Å²) in [5, 5.41) is 4.72. The minimum atomic E-state index is -0.435. The average molecular weight is 194 g/mol. The molecule has 0 aliphatic heterocycles. The van der Waals surface area contributed by atoms with Crippen molar-refractivity contribution in [2.75, 3.05) is 5.32 Å². The first-order valence-electron chi connectivity index (χ1n) is 3.68. The molecule has 0 fully saturated rings. The number of nitrogens with zero attached hydrogens (tertiary/aromatic N) is 1. The Kier molecular flexibility index (Phi) is 1.94. The van der Waals surface area contributed by atoms with Gasteiger partial charge in [0.05, 0.1) is 23.4 Å². The molecule has 2 rings (SSSR count). The molecule has 0 radical (unpaired) electrons. The summed E-state index contributed by atoms with van der Waals surface area (Å²) < 4.78 is 0. The molecule has 66 valence electrons. The summed E-state index contributed by atoms with van der Waals surface area (Å²) in [4.78, 5) is 25.4. The summed E-state index contributed by atoms with van der Waals surface area (Å²) in [7, 11) is 0. The number of aromatic nitrogens is 1. The minimum Gasteiger partial charge on any atom is -0.376 e. The van der Waals surface area contributed by atoms with E-state index < -0.39 is 10.9 Å². The maximum Gasteiger partial charge on any atom is 0.248 e. The Morgan fingerprint density at radius 2 is 2.31 bits per heavy atom. The van der Waals surface area contributed by atoms with E-state index in [0.29, 0.717) is 12.2 Å². The SMILES string of the molecule is O=c1cc(NCc2cscn2)c1=O. The lowest BCUT2D eigenvalue weighted by Crippen LogP contribution is -2.32. The Hall–Kier alpha value is -1.49. The van der Waals surface area contributed by atoms with Crippen LogP contribution in [0.2, 0.25) is 0 Å². The predicted molar refractivity (Wildman–Crippen MR) is 50.8 cm³/mol. The Morgan fingerprint density at radius 1 is 1.46 bits per heavy atom. The fraction of sp³-hybridized carbons (Fsp3) is 0.125. The summed E-state index contributed by atoms with van der Waals surface area (Å²) in [6.07, 6.45) is 0. The van der Waals surface area contributed by atoms with E-state index in [1.165, 1.54) is 17.4 Å². The van der Waals surface area contributed by atoms with Gasteiger partial charge in [-0.05, 0) is 0 Å². The largest absolute Gasteiger partial charge is 0.376 e. The van der Waals surface area contributed by atoms with Gasteiger partial charge in [-0.2, -0.15) is 0 Å². The molecule has 1 aromatic heterocycles. The number of rotatable bonds is 3. The molecule has 4 nitrogen and oxygen atoms in total. The van der Waals surface area contributed by atoms with Gasteiger partial charge in [-0.25, -0.2) is 4.98 Å². The van der Waals surface area contributed by atoms with Crippen molar-refractivity contribution in [2.24, 2.45) is 0 Å². The number of hydrogen-bond acceptors (Lipinski definition) is 5. The lowest BCUT2D eigenvalue weighted by Gasteiger charge is -2.03. The van der Waals surface area contributed by atoms with Crippen LogP contribution in [0.1, 0.15) is 5.69 Å². The molecule has 0 aliphatic carbocycles. The van der Waals surface area contributed by atoms with Gasteiger partial charge in [0.15, 0.2) is 0 Å². The van der Waals surface area contributed by atoms with E-state index in [1.807, 2.05) is 5.38 Å². The first kappa shape index (κ1) is 8.12. The Morgan fingerprint density at radius 3 is 2.85 bits per heavy atom. The van der Waals surface area contributed by atoms with Crippen LogP contribution in [-0.4, -0.2) is 4.98 Å². The highest BCUT2D eigenvalue weighted by Gasteiger charge is 2.08. The normalized spacial score (nSPS) is 10.5. The van der Waals surface area contributed by atoms with Gasteiger partial charge in [-0.15, -0.1) is 11.3 Å². The van der Waals surface area contributed by atoms with Crippen molar-refractivity contribution in [3.05, 3.63) is 43.1 Å². The summed E-state index contributed by atoms with van der Waals surface area (Å²) in [6, 6.07) is 1.30. The van der Waals surface area contributed by atoms with Crippen LogP contribution in [0, 0.1) is 0 Å². The molecule has 0 bridgehead atoms. The Labute approximate surface area is 77.6 Å². The second-order valence-electron chi connectivity index (χ2n) is 2.58. The number of hydrogen-bond donors (Lipinski definition) is 1. The number of nitrogens with one attached hydrogen (secondary N) is 1. The van der Waals surface area contributed by atoms with Crippen LogP contribution < -0.4 is 16.2 Å². The fourth-order valence-electron chi connectivity index (χ4n) is 0.959. The van der Waals surface area contributed by atoms with Crippen LogP contribution >= 0.6 is 11.3 Å². The average Bonchev–Trinajstić information content (AvgIpc) is 2.64. The molecule has 0 amide bonds. The maximum atomic E-state index is 10.8. The zero-order valence-corrected chi connectivity index (χ0v) is 7.43. The summed E-state index contributed by atoms with van der Waals surface area (Å²) in [5.41, 5.74) is 2.12. The molecule has 0 spiro atoms. The van der Waals surface area contributed by atoms with Gasteiger partial charge >= 0.3 is 0 Å². The van der Waals surface area contributed by atoms with Crippen molar-refractivity contribution in [1.82, 2.24) is 4.98 Å². The summed E-state index contributed by atoms with van der Waals surface area (Å²) in [5.74, 6) is 0. The van der Waals surface area contributed by atoms with Gasteiger partial charge in [0.2, 0.25) is 10.9 Å². The summed E-state index contributed by atoms with van der Waals surface area (Å²) >= 11 is 1.50. The summed E-state index contributed by atoms with van der Waals surface area (Å²) in [6.45, 7) is 0.494. The second kappa shape index (κ2) is 3.10. The molecule has 1 aromatic carbocycles. The van der Waals surface area contributed by atoms with Gasteiger partial charge in [-0.1, -0.05) is 0 Å². The lowest BCUT2D eigenvalue weighted by atomic mass is 10.2. The van der Waals surface area contributed by atoms with Crippen LogP contribution in [0.25, 0.3) is 0 Å². The molecule has 5 heteroatoms. The van der Waals surface area contributed by atoms with Gasteiger partial charge in [0.1, 0.15) is 0 Å². The van der Waals surface area contributed by atoms with Crippen LogP contribution in [-0.2, 0) is 6.54 Å². The molecular formula is C8H6N2O2S. The zero-order valence-electron chi connectivity index (χ0n) is 6.61. The molecule has 13 heavy (non-hydrogen) atoms. The van der Waals surface area contributed by atoms with Crippen LogP contribution in [0.5, 0.6) is 0 Å². The van der Waals surface area contributed by atoms with E-state index >= 15 is 0 Å². The third-order valence-corrected chi connectivity index (χ3v) is 2.32. The molecule has 2 aromatic rings. The first-order valence-corrected chi connectivity index (χ1v) is 4.63. The standard InChI is InChI=1S/C8H6N2O2S/c11-7-1-6(8(7)12)9-2-5-3-13-4-10-5/h1,3-4,9H,2H2. The van der Waals surface area contributed by atoms with Crippen molar-refractivity contribution in [3.8, 4) is 0 Å². The third kappa shape index (κ3) is 1.50. The fourth-order valence-corrected chi connectivity index (χ4v) is 1.52. The quantitative estimate of drug-likeness (QED) is 0.716. The Bertz CT molecular complexity index is 468. The van der Waals surface area contributed by atoms with Crippen molar-refractivity contribution < 1.29 is 0 Å². The van der Waals surface area contributed by atoms with Gasteiger partial charge < -0.3 is 5.32 Å². The van der Waals surface area contributed by atoms with Gasteiger partial charge in [-0.3, -0.25) is 9.59 Å². The minimum absolute atomic E-state index is 0.387. The molecule has 0 aliphatic rings. The Balaban J connectivity index is 1.99. The molecular weight excluding hydrogens is 188 g/mol. The van der Waals surface area contributed by atoms with E-state index in [0.717, 1.165) is 5.69 Å². The van der Waals surface area contributed by atoms with Crippen molar-refractivity contribution in [1.29, 1.82) is 0 Å². The molecule has 0 unspecified atom stereocenters. The van der Waals surface area contributed by atoms with Crippen LogP contribution in [0.3, 0.4) is 0 Å². The highest BCUT2D eigenvalue weighted by molar-refractivity contribution is 7.07. The second-order valence-corrected chi connectivity index (χ2v) is 3.30. The highest BCUT2D eigenvalue weighted by atomic mass is 32.1. The molecule has 0 atom stereocenters. The lowest BCUT2D eigenvalue weighted by molar-refractivity contribution is 1.06. The van der Waals surface area contributed by atoms with E-state index in [4.69, 9.17) is 0 Å². The first-order chi connectivity index (χ1) is 6.27. The molecule has 0 saturated heterocycles. The van der Waals surface area contributed by atoms with Gasteiger partial charge in [0, 0.05) is 11.4 Å². The molecule has 1 heterocycles. The predicted octanol–water partition coefficient (Wildman–Crippen LogP) is 0.351. The monoisotopic (exact) mass is 194 g/mol. The van der Waals surface area contributed by atoms with E-state index in [1.54, 1.807) is 5.51 Å². The van der Waals surface area contributed by atoms with Crippen LogP contribution in [0.4, 0.5) is 5.69 Å². The number of anilines is 1. The highest BCUT2D eigenvalue weighted by Crippen LogP contribution is 2.03. The third-order valence-electron chi connectivity index (χ3n) is 1.69. The van der Waals surface area contributed by atoms with E-state index in [2.05, 4.69) is 10.3 Å². The van der Waals surface area contributed by atoms with Crippen molar-refractivity contribution >= 4 is 17.0 Å². The zero-order chi connectivity index (χ0) is 9.26.